The molecule has 0 radical (unpaired) electrons. The molecule has 1 aliphatic heterocycles. The van der Waals surface area contributed by atoms with Gasteiger partial charge >= 0.3 is 0 Å². The van der Waals surface area contributed by atoms with E-state index in [1.165, 1.54) is 11.3 Å². The first-order valence-electron chi connectivity index (χ1n) is 10.5. The molecule has 8 heteroatoms. The Balaban J connectivity index is 1.45. The number of hydrogen-bond donors (Lipinski definition) is 0. The van der Waals surface area contributed by atoms with Crippen molar-refractivity contribution >= 4 is 51.5 Å². The molecule has 2 aliphatic rings. The molecule has 162 valence electrons. The van der Waals surface area contributed by atoms with Crippen molar-refractivity contribution in [1.82, 2.24) is 10.2 Å². The summed E-state index contributed by atoms with van der Waals surface area (Å²) in [5, 5.41) is 9.86. The van der Waals surface area contributed by atoms with Gasteiger partial charge in [-0.15, -0.1) is 10.2 Å². The molecule has 2 aromatic carbocycles. The smallest absolute Gasteiger partial charge is 0.234 e. The van der Waals surface area contributed by atoms with Crippen LogP contribution in [-0.2, 0) is 15.3 Å². The highest BCUT2D eigenvalue weighted by Crippen LogP contribution is 2.44. The SMILES string of the molecule is O=C1CCCC2=C1[C@H](c1ccccc1)CC(=O)N2c1nnc(SCc2ccccc2Cl)s1. The van der Waals surface area contributed by atoms with E-state index in [0.717, 1.165) is 38.2 Å². The van der Waals surface area contributed by atoms with Gasteiger partial charge in [-0.2, -0.15) is 0 Å². The molecule has 0 saturated heterocycles. The van der Waals surface area contributed by atoms with Crippen molar-refractivity contribution in [1.29, 1.82) is 0 Å². The zero-order valence-corrected chi connectivity index (χ0v) is 19.6. The summed E-state index contributed by atoms with van der Waals surface area (Å²) < 4.78 is 0.766. The topological polar surface area (TPSA) is 63.2 Å². The highest BCUT2D eigenvalue weighted by molar-refractivity contribution is 8.00. The van der Waals surface area contributed by atoms with Crippen molar-refractivity contribution in [3.8, 4) is 0 Å². The van der Waals surface area contributed by atoms with Crippen LogP contribution in [0.4, 0.5) is 5.13 Å². The number of anilines is 1. The van der Waals surface area contributed by atoms with Gasteiger partial charge in [0, 0.05) is 40.8 Å². The zero-order chi connectivity index (χ0) is 22.1. The molecule has 1 aromatic heterocycles. The van der Waals surface area contributed by atoms with Crippen molar-refractivity contribution in [3.63, 3.8) is 0 Å². The van der Waals surface area contributed by atoms with Crippen molar-refractivity contribution in [2.24, 2.45) is 0 Å². The van der Waals surface area contributed by atoms with Gasteiger partial charge in [0.2, 0.25) is 11.0 Å². The normalized spacial score (nSPS) is 18.8. The fraction of sp³-hybridized carbons (Fsp3) is 0.250. The average molecular weight is 482 g/mol. The number of allylic oxidation sites excluding steroid dienone is 2. The molecular formula is C24H20ClN3O2S2. The molecule has 5 nitrogen and oxygen atoms in total. The quantitative estimate of drug-likeness (QED) is 0.330. The second kappa shape index (κ2) is 9.17. The molecule has 32 heavy (non-hydrogen) atoms. The summed E-state index contributed by atoms with van der Waals surface area (Å²) in [5.41, 5.74) is 3.60. The molecule has 0 fully saturated rings. The van der Waals surface area contributed by atoms with Crippen LogP contribution in [0.2, 0.25) is 5.02 Å². The third kappa shape index (κ3) is 4.12. The number of benzene rings is 2. The van der Waals surface area contributed by atoms with Gasteiger partial charge < -0.3 is 0 Å². The largest absolute Gasteiger partial charge is 0.294 e. The van der Waals surface area contributed by atoms with Crippen LogP contribution in [0.5, 0.6) is 0 Å². The molecule has 0 N–H and O–H groups in total. The average Bonchev–Trinajstić information content (AvgIpc) is 3.27. The summed E-state index contributed by atoms with van der Waals surface area (Å²) in [4.78, 5) is 27.9. The number of aromatic nitrogens is 2. The second-order valence-corrected chi connectivity index (χ2v) is 10.3. The lowest BCUT2D eigenvalue weighted by atomic mass is 9.77. The Kier molecular flexibility index (Phi) is 6.13. The maximum absolute atomic E-state index is 13.3. The first kappa shape index (κ1) is 21.4. The van der Waals surface area contributed by atoms with Crippen molar-refractivity contribution in [2.75, 3.05) is 4.90 Å². The fourth-order valence-electron chi connectivity index (χ4n) is 4.29. The van der Waals surface area contributed by atoms with E-state index < -0.39 is 0 Å². The highest BCUT2D eigenvalue weighted by atomic mass is 35.5. The Morgan fingerprint density at radius 2 is 1.81 bits per heavy atom. The van der Waals surface area contributed by atoms with Crippen molar-refractivity contribution in [3.05, 3.63) is 82.0 Å². The number of Topliss-reactive ketones (excluding diaryl/α,β-unsaturated/α-hetero) is 1. The van der Waals surface area contributed by atoms with Crippen LogP contribution in [-0.4, -0.2) is 21.9 Å². The van der Waals surface area contributed by atoms with Crippen LogP contribution in [0.25, 0.3) is 0 Å². The van der Waals surface area contributed by atoms with Crippen LogP contribution in [0, 0.1) is 0 Å². The molecule has 3 aromatic rings. The first-order valence-corrected chi connectivity index (χ1v) is 12.6. The molecule has 1 amide bonds. The highest BCUT2D eigenvalue weighted by Gasteiger charge is 2.40. The maximum Gasteiger partial charge on any atom is 0.234 e. The maximum atomic E-state index is 13.3. The third-order valence-electron chi connectivity index (χ3n) is 5.77. The predicted molar refractivity (Wildman–Crippen MR) is 128 cm³/mol. The summed E-state index contributed by atoms with van der Waals surface area (Å²) in [6, 6.07) is 17.6. The van der Waals surface area contributed by atoms with Gasteiger partial charge in [0.1, 0.15) is 0 Å². The van der Waals surface area contributed by atoms with E-state index in [0.29, 0.717) is 23.7 Å². The lowest BCUT2D eigenvalue weighted by molar-refractivity contribution is -0.119. The van der Waals surface area contributed by atoms with Gasteiger partial charge in [0.05, 0.1) is 0 Å². The number of ketones is 1. The molecule has 1 aliphatic carbocycles. The second-order valence-electron chi connectivity index (χ2n) is 7.76. The zero-order valence-electron chi connectivity index (χ0n) is 17.2. The number of hydrogen-bond acceptors (Lipinski definition) is 6. The minimum absolute atomic E-state index is 0.0360. The van der Waals surface area contributed by atoms with Crippen LogP contribution >= 0.6 is 34.7 Å². The van der Waals surface area contributed by atoms with Gasteiger partial charge in [-0.05, 0) is 30.0 Å². The molecule has 0 spiro atoms. The van der Waals surface area contributed by atoms with E-state index in [2.05, 4.69) is 10.2 Å². The third-order valence-corrected chi connectivity index (χ3v) is 8.23. The Morgan fingerprint density at radius 3 is 2.62 bits per heavy atom. The predicted octanol–water partition coefficient (Wildman–Crippen LogP) is 6.01. The Hall–Kier alpha value is -2.48. The molecule has 2 heterocycles. The molecule has 1 atom stereocenters. The number of nitrogens with zero attached hydrogens (tertiary/aromatic N) is 3. The van der Waals surface area contributed by atoms with E-state index in [-0.39, 0.29) is 24.0 Å². The van der Waals surface area contributed by atoms with Gasteiger partial charge in [-0.1, -0.05) is 83.2 Å². The monoisotopic (exact) mass is 481 g/mol. The van der Waals surface area contributed by atoms with Gasteiger partial charge in [0.25, 0.3) is 0 Å². The first-order chi connectivity index (χ1) is 15.6. The van der Waals surface area contributed by atoms with Gasteiger partial charge in [-0.25, -0.2) is 0 Å². The molecule has 0 bridgehead atoms. The van der Waals surface area contributed by atoms with Crippen molar-refractivity contribution in [2.45, 2.75) is 41.7 Å². The Labute approximate surface area is 199 Å². The van der Waals surface area contributed by atoms with Gasteiger partial charge in [0.15, 0.2) is 10.1 Å². The van der Waals surface area contributed by atoms with E-state index in [9.17, 15) is 9.59 Å². The van der Waals surface area contributed by atoms with Crippen LogP contribution in [0.3, 0.4) is 0 Å². The summed E-state index contributed by atoms with van der Waals surface area (Å²) in [7, 11) is 0. The number of thioether (sulfide) groups is 1. The van der Waals surface area contributed by atoms with Crippen LogP contribution < -0.4 is 4.90 Å². The minimum Gasteiger partial charge on any atom is -0.294 e. The molecule has 5 rings (SSSR count). The van der Waals surface area contributed by atoms with E-state index in [4.69, 9.17) is 11.6 Å². The number of amides is 1. The summed E-state index contributed by atoms with van der Waals surface area (Å²) in [5.74, 6) is 0.580. The van der Waals surface area contributed by atoms with E-state index in [1.54, 1.807) is 16.7 Å². The number of rotatable bonds is 5. The lowest BCUT2D eigenvalue weighted by Gasteiger charge is -2.36. The Bertz CT molecular complexity index is 1210. The molecule has 0 saturated carbocycles. The number of halogens is 1. The summed E-state index contributed by atoms with van der Waals surface area (Å²) in [6.07, 6.45) is 2.23. The number of carbonyl (C=O) groups is 2. The standard InChI is InChI=1S/C24H20ClN3O2S2/c25-18-10-5-4-9-16(18)14-31-24-27-26-23(32-24)28-19-11-6-12-20(29)22(19)17(13-21(28)30)15-7-2-1-3-8-15/h1-5,7-10,17H,6,11-14H2/t17-/m0/s1. The summed E-state index contributed by atoms with van der Waals surface area (Å²) in [6.45, 7) is 0. The molecular weight excluding hydrogens is 462 g/mol. The van der Waals surface area contributed by atoms with E-state index in [1.807, 2.05) is 54.6 Å². The van der Waals surface area contributed by atoms with Crippen molar-refractivity contribution < 1.29 is 9.59 Å². The van der Waals surface area contributed by atoms with Crippen LogP contribution in [0.15, 0.2) is 70.2 Å². The van der Waals surface area contributed by atoms with Gasteiger partial charge in [-0.3, -0.25) is 14.5 Å². The minimum atomic E-state index is -0.190. The summed E-state index contributed by atoms with van der Waals surface area (Å²) >= 11 is 9.17. The fourth-order valence-corrected chi connectivity index (χ4v) is 6.46. The van der Waals surface area contributed by atoms with E-state index >= 15 is 0 Å². The van der Waals surface area contributed by atoms with Crippen LogP contribution in [0.1, 0.15) is 42.7 Å². The Morgan fingerprint density at radius 1 is 1.03 bits per heavy atom. The molecule has 0 unspecified atom stereocenters. The lowest BCUT2D eigenvalue weighted by Crippen LogP contribution is -2.40. The number of carbonyl (C=O) groups excluding carboxylic acids is 2.